The van der Waals surface area contributed by atoms with Gasteiger partial charge in [0.2, 0.25) is 10.0 Å². The highest BCUT2D eigenvalue weighted by Crippen LogP contribution is 2.38. The van der Waals surface area contributed by atoms with E-state index in [1.807, 2.05) is 20.8 Å². The molecule has 3 unspecified atom stereocenters. The number of piperazine rings is 1. The van der Waals surface area contributed by atoms with Gasteiger partial charge in [-0.05, 0) is 32.9 Å². The molecule has 130 valence electrons. The standard InChI is InChI=1S/C15H21ClN2O3S.ClH/c1-9-6-12-7-13(8-14(16)15(12)21-9)22(19,20)18-5-4-17-10(2)11(18)3;/h7-11,17H,4-6H2,1-3H3;1H. The van der Waals surface area contributed by atoms with E-state index in [1.54, 1.807) is 10.4 Å². The van der Waals surface area contributed by atoms with Gasteiger partial charge in [0.1, 0.15) is 11.9 Å². The summed E-state index contributed by atoms with van der Waals surface area (Å²) in [6.45, 7) is 7.00. The van der Waals surface area contributed by atoms with Gasteiger partial charge in [-0.25, -0.2) is 8.42 Å². The van der Waals surface area contributed by atoms with Crippen molar-refractivity contribution in [3.63, 3.8) is 0 Å². The molecule has 0 saturated carbocycles. The maximum Gasteiger partial charge on any atom is 0.243 e. The predicted octanol–water partition coefficient (Wildman–Crippen LogP) is 2.46. The topological polar surface area (TPSA) is 58.6 Å². The van der Waals surface area contributed by atoms with E-state index >= 15 is 0 Å². The number of ether oxygens (including phenoxy) is 1. The molecule has 0 bridgehead atoms. The third-order valence-electron chi connectivity index (χ3n) is 4.50. The fourth-order valence-electron chi connectivity index (χ4n) is 3.11. The molecule has 0 spiro atoms. The maximum atomic E-state index is 13.0. The summed E-state index contributed by atoms with van der Waals surface area (Å²) in [5.41, 5.74) is 0.870. The zero-order chi connectivity index (χ0) is 16.1. The Bertz CT molecular complexity index is 696. The van der Waals surface area contributed by atoms with Crippen LogP contribution in [0.25, 0.3) is 0 Å². The first kappa shape index (κ1) is 18.8. The Morgan fingerprint density at radius 3 is 2.70 bits per heavy atom. The Hall–Kier alpha value is -0.530. The third kappa shape index (κ3) is 3.33. The van der Waals surface area contributed by atoms with Crippen molar-refractivity contribution in [2.75, 3.05) is 13.1 Å². The number of nitrogens with zero attached hydrogens (tertiary/aromatic N) is 1. The number of sulfonamides is 1. The zero-order valence-corrected chi connectivity index (χ0v) is 15.8. The van der Waals surface area contributed by atoms with E-state index in [1.165, 1.54) is 6.07 Å². The van der Waals surface area contributed by atoms with Crippen LogP contribution < -0.4 is 10.1 Å². The molecule has 3 atom stereocenters. The highest BCUT2D eigenvalue weighted by molar-refractivity contribution is 7.89. The first-order valence-corrected chi connectivity index (χ1v) is 9.37. The van der Waals surface area contributed by atoms with Crippen LogP contribution in [-0.4, -0.2) is 44.0 Å². The van der Waals surface area contributed by atoms with Crippen LogP contribution in [0.4, 0.5) is 0 Å². The molecule has 0 aliphatic carbocycles. The molecular formula is C15H22Cl2N2O3S. The number of nitrogens with one attached hydrogen (secondary N) is 1. The van der Waals surface area contributed by atoms with Gasteiger partial charge in [-0.15, -0.1) is 12.4 Å². The van der Waals surface area contributed by atoms with E-state index < -0.39 is 10.0 Å². The highest BCUT2D eigenvalue weighted by Gasteiger charge is 2.35. The van der Waals surface area contributed by atoms with Crippen LogP contribution in [0.15, 0.2) is 17.0 Å². The van der Waals surface area contributed by atoms with Crippen molar-refractivity contribution < 1.29 is 13.2 Å². The van der Waals surface area contributed by atoms with E-state index in [0.717, 1.165) is 5.56 Å². The molecule has 1 saturated heterocycles. The monoisotopic (exact) mass is 380 g/mol. The fraction of sp³-hybridized carbons (Fsp3) is 0.600. The third-order valence-corrected chi connectivity index (χ3v) is 6.75. The summed E-state index contributed by atoms with van der Waals surface area (Å²) in [5, 5.41) is 3.66. The van der Waals surface area contributed by atoms with Crippen molar-refractivity contribution in [2.45, 2.75) is 50.3 Å². The number of rotatable bonds is 2. The SMILES string of the molecule is CC1Cc2cc(S(=O)(=O)N3CCNC(C)C3C)cc(Cl)c2O1.Cl. The molecule has 2 aliphatic rings. The zero-order valence-electron chi connectivity index (χ0n) is 13.4. The summed E-state index contributed by atoms with van der Waals surface area (Å²) in [6.07, 6.45) is 0.718. The Morgan fingerprint density at radius 1 is 1.30 bits per heavy atom. The number of benzene rings is 1. The normalized spacial score (nSPS) is 27.9. The minimum atomic E-state index is -3.55. The lowest BCUT2D eigenvalue weighted by molar-refractivity contribution is 0.233. The first-order valence-electron chi connectivity index (χ1n) is 7.55. The van der Waals surface area contributed by atoms with Gasteiger partial charge in [0.25, 0.3) is 0 Å². The van der Waals surface area contributed by atoms with E-state index in [9.17, 15) is 8.42 Å². The van der Waals surface area contributed by atoms with E-state index in [4.69, 9.17) is 16.3 Å². The Labute approximate surface area is 148 Å². The van der Waals surface area contributed by atoms with Crippen molar-refractivity contribution in [3.8, 4) is 5.75 Å². The minimum Gasteiger partial charge on any atom is -0.489 e. The van der Waals surface area contributed by atoms with Gasteiger partial charge in [0, 0.05) is 37.2 Å². The second-order valence-electron chi connectivity index (χ2n) is 6.13. The Balaban J connectivity index is 0.00000192. The van der Waals surface area contributed by atoms with Crippen LogP contribution >= 0.6 is 24.0 Å². The molecule has 5 nitrogen and oxygen atoms in total. The summed E-state index contributed by atoms with van der Waals surface area (Å²) in [7, 11) is -3.55. The lowest BCUT2D eigenvalue weighted by atomic mass is 10.1. The van der Waals surface area contributed by atoms with Crippen LogP contribution in [0.5, 0.6) is 5.75 Å². The average Bonchev–Trinajstić information content (AvgIpc) is 2.82. The smallest absolute Gasteiger partial charge is 0.243 e. The minimum absolute atomic E-state index is 0. The van der Waals surface area contributed by atoms with Gasteiger partial charge in [-0.3, -0.25) is 0 Å². The van der Waals surface area contributed by atoms with Crippen LogP contribution in [0.3, 0.4) is 0 Å². The molecule has 1 fully saturated rings. The van der Waals surface area contributed by atoms with Crippen LogP contribution in [0.1, 0.15) is 26.3 Å². The van der Waals surface area contributed by atoms with E-state index in [2.05, 4.69) is 5.32 Å². The molecule has 0 aromatic heterocycles. The molecule has 1 N–H and O–H groups in total. The summed E-state index contributed by atoms with van der Waals surface area (Å²) in [4.78, 5) is 0.259. The molecule has 0 amide bonds. The number of halogens is 2. The summed E-state index contributed by atoms with van der Waals surface area (Å²) >= 11 is 6.23. The molecule has 1 aromatic carbocycles. The largest absolute Gasteiger partial charge is 0.489 e. The Kier molecular flexibility index (Phi) is 5.53. The van der Waals surface area contributed by atoms with Crippen LogP contribution in [-0.2, 0) is 16.4 Å². The van der Waals surface area contributed by atoms with Gasteiger partial charge in [0.05, 0.1) is 9.92 Å². The van der Waals surface area contributed by atoms with Crippen LogP contribution in [0.2, 0.25) is 5.02 Å². The summed E-state index contributed by atoms with van der Waals surface area (Å²) in [6, 6.07) is 3.24. The van der Waals surface area contributed by atoms with Gasteiger partial charge in [-0.1, -0.05) is 11.6 Å². The Morgan fingerprint density at radius 2 is 2.00 bits per heavy atom. The quantitative estimate of drug-likeness (QED) is 0.855. The lowest BCUT2D eigenvalue weighted by Crippen LogP contribution is -2.57. The molecular weight excluding hydrogens is 359 g/mol. The molecule has 8 heteroatoms. The van der Waals surface area contributed by atoms with Gasteiger partial charge in [0.15, 0.2) is 0 Å². The fourth-order valence-corrected chi connectivity index (χ4v) is 5.24. The summed E-state index contributed by atoms with van der Waals surface area (Å²) < 4.78 is 33.2. The molecule has 2 heterocycles. The van der Waals surface area contributed by atoms with Crippen molar-refractivity contribution in [1.29, 1.82) is 0 Å². The average molecular weight is 381 g/mol. The van der Waals surface area contributed by atoms with Gasteiger partial charge >= 0.3 is 0 Å². The van der Waals surface area contributed by atoms with Crippen molar-refractivity contribution in [2.24, 2.45) is 0 Å². The predicted molar refractivity (Wildman–Crippen MR) is 93.3 cm³/mol. The number of hydrogen-bond acceptors (Lipinski definition) is 4. The van der Waals surface area contributed by atoms with Crippen LogP contribution in [0, 0.1) is 0 Å². The van der Waals surface area contributed by atoms with Crippen molar-refractivity contribution >= 4 is 34.0 Å². The van der Waals surface area contributed by atoms with E-state index in [0.29, 0.717) is 30.3 Å². The molecule has 3 rings (SSSR count). The summed E-state index contributed by atoms with van der Waals surface area (Å²) in [5.74, 6) is 0.620. The number of fused-ring (bicyclic) bond motifs is 1. The first-order chi connectivity index (χ1) is 10.3. The molecule has 1 aromatic rings. The highest BCUT2D eigenvalue weighted by atomic mass is 35.5. The number of hydrogen-bond donors (Lipinski definition) is 1. The molecule has 2 aliphatic heterocycles. The molecule has 23 heavy (non-hydrogen) atoms. The second kappa shape index (κ2) is 6.76. The van der Waals surface area contributed by atoms with E-state index in [-0.39, 0.29) is 35.5 Å². The van der Waals surface area contributed by atoms with Crippen molar-refractivity contribution in [1.82, 2.24) is 9.62 Å². The lowest BCUT2D eigenvalue weighted by Gasteiger charge is -2.37. The van der Waals surface area contributed by atoms with Gasteiger partial charge in [-0.2, -0.15) is 4.31 Å². The van der Waals surface area contributed by atoms with Crippen molar-refractivity contribution in [3.05, 3.63) is 22.7 Å². The molecule has 0 radical (unpaired) electrons. The second-order valence-corrected chi connectivity index (χ2v) is 8.42. The maximum absolute atomic E-state index is 13.0. The van der Waals surface area contributed by atoms with Gasteiger partial charge < -0.3 is 10.1 Å².